The molecular weight excluding hydrogens is 462 g/mol. The standard InChI is InChI=1S/C28H29N9/c1-33-11-7-22-8-12-37(28(22)33)25-13-23(14-29-15-25)26-20-36(32-31-26)19-24-18-35-17-21(5-6-27(35)30-24)16-34-9-3-2-4-10-34/h5-8,11-15,17-18,20H,2-4,9-10,16,19H2,1H3. The second kappa shape index (κ2) is 9.01. The van der Waals surface area contributed by atoms with E-state index in [2.05, 4.69) is 95.9 Å². The van der Waals surface area contributed by atoms with Crippen LogP contribution in [0.1, 0.15) is 30.5 Å². The van der Waals surface area contributed by atoms with Crippen molar-refractivity contribution >= 4 is 16.7 Å². The highest BCUT2D eigenvalue weighted by Gasteiger charge is 2.13. The fraction of sp³-hybridized carbons (Fsp3) is 0.286. The van der Waals surface area contributed by atoms with Gasteiger partial charge < -0.3 is 13.5 Å². The largest absolute Gasteiger partial charge is 0.337 e. The molecule has 9 heteroatoms. The second-order valence-corrected chi connectivity index (χ2v) is 10.00. The molecule has 0 amide bonds. The second-order valence-electron chi connectivity index (χ2n) is 10.00. The third-order valence-corrected chi connectivity index (χ3v) is 7.28. The quantitative estimate of drug-likeness (QED) is 0.347. The molecule has 1 saturated heterocycles. The summed E-state index contributed by atoms with van der Waals surface area (Å²) in [6.45, 7) is 3.96. The van der Waals surface area contributed by atoms with Crippen LogP contribution in [0.25, 0.3) is 33.6 Å². The Labute approximate surface area is 214 Å². The molecule has 37 heavy (non-hydrogen) atoms. The number of nitrogens with zero attached hydrogens (tertiary/aromatic N) is 9. The van der Waals surface area contributed by atoms with E-state index >= 15 is 0 Å². The number of hydrogen-bond acceptors (Lipinski definition) is 5. The number of imidazole rings is 1. The van der Waals surface area contributed by atoms with Crippen molar-refractivity contribution < 1.29 is 0 Å². The Morgan fingerprint density at radius 1 is 0.892 bits per heavy atom. The van der Waals surface area contributed by atoms with Crippen molar-refractivity contribution in [3.63, 3.8) is 0 Å². The lowest BCUT2D eigenvalue weighted by Crippen LogP contribution is -2.29. The van der Waals surface area contributed by atoms with Crippen molar-refractivity contribution in [1.82, 2.24) is 43.4 Å². The third-order valence-electron chi connectivity index (χ3n) is 7.28. The molecule has 1 aliphatic rings. The molecule has 1 aliphatic heterocycles. The van der Waals surface area contributed by atoms with E-state index in [1.165, 1.54) is 43.3 Å². The van der Waals surface area contributed by atoms with Crippen molar-refractivity contribution in [3.8, 4) is 16.9 Å². The van der Waals surface area contributed by atoms with Crippen LogP contribution < -0.4 is 0 Å². The van der Waals surface area contributed by atoms with E-state index in [1.807, 2.05) is 23.3 Å². The van der Waals surface area contributed by atoms with Crippen molar-refractivity contribution in [2.75, 3.05) is 13.1 Å². The Morgan fingerprint density at radius 3 is 2.70 bits per heavy atom. The van der Waals surface area contributed by atoms with Gasteiger partial charge in [0, 0.05) is 55.5 Å². The van der Waals surface area contributed by atoms with E-state index in [0.717, 1.165) is 40.5 Å². The average molecular weight is 492 g/mol. The lowest BCUT2D eigenvalue weighted by atomic mass is 10.1. The maximum atomic E-state index is 4.80. The minimum absolute atomic E-state index is 0.560. The summed E-state index contributed by atoms with van der Waals surface area (Å²) >= 11 is 0. The zero-order valence-electron chi connectivity index (χ0n) is 20.9. The SMILES string of the molecule is Cn1ccc2ccn(-c3cncc(-c4cn(Cc5cn6cc(CN7CCCCC7)ccc6n5)nn4)c3)c21. The van der Waals surface area contributed by atoms with Crippen molar-refractivity contribution in [3.05, 3.63) is 85.0 Å². The lowest BCUT2D eigenvalue weighted by molar-refractivity contribution is 0.220. The summed E-state index contributed by atoms with van der Waals surface area (Å²) in [6, 6.07) is 10.6. The summed E-state index contributed by atoms with van der Waals surface area (Å²) < 4.78 is 8.22. The van der Waals surface area contributed by atoms with E-state index in [4.69, 9.17) is 4.98 Å². The van der Waals surface area contributed by atoms with E-state index < -0.39 is 0 Å². The molecule has 0 saturated carbocycles. The average Bonchev–Trinajstić information content (AvgIpc) is 3.70. The van der Waals surface area contributed by atoms with Crippen LogP contribution in [0.15, 0.2) is 73.7 Å². The number of fused-ring (bicyclic) bond motifs is 2. The van der Waals surface area contributed by atoms with E-state index in [-0.39, 0.29) is 0 Å². The van der Waals surface area contributed by atoms with Gasteiger partial charge in [-0.1, -0.05) is 17.7 Å². The number of rotatable bonds is 6. The predicted molar refractivity (Wildman–Crippen MR) is 142 cm³/mol. The van der Waals surface area contributed by atoms with Crippen LogP contribution in [0.2, 0.25) is 0 Å². The van der Waals surface area contributed by atoms with Crippen LogP contribution >= 0.6 is 0 Å². The van der Waals surface area contributed by atoms with Crippen molar-refractivity contribution in [2.45, 2.75) is 32.4 Å². The van der Waals surface area contributed by atoms with Gasteiger partial charge in [-0.15, -0.1) is 5.10 Å². The summed E-state index contributed by atoms with van der Waals surface area (Å²) in [5, 5.41) is 10.00. The fourth-order valence-corrected chi connectivity index (χ4v) is 5.42. The number of aromatic nitrogens is 8. The summed E-state index contributed by atoms with van der Waals surface area (Å²) in [6.07, 6.45) is 18.1. The molecule has 0 N–H and O–H groups in total. The molecule has 1 fully saturated rings. The van der Waals surface area contributed by atoms with Gasteiger partial charge in [-0.05, 0) is 55.8 Å². The number of likely N-dealkylation sites (tertiary alicyclic amines) is 1. The monoisotopic (exact) mass is 491 g/mol. The molecule has 0 atom stereocenters. The Morgan fingerprint density at radius 2 is 1.78 bits per heavy atom. The number of hydrogen-bond donors (Lipinski definition) is 0. The van der Waals surface area contributed by atoms with Gasteiger partial charge in [0.05, 0.1) is 30.3 Å². The van der Waals surface area contributed by atoms with Gasteiger partial charge in [0.25, 0.3) is 0 Å². The molecule has 0 aromatic carbocycles. The van der Waals surface area contributed by atoms with Gasteiger partial charge in [-0.2, -0.15) is 0 Å². The minimum Gasteiger partial charge on any atom is -0.337 e. The lowest BCUT2D eigenvalue weighted by Gasteiger charge is -2.26. The Hall–Kier alpha value is -4.24. The van der Waals surface area contributed by atoms with Gasteiger partial charge in [0.2, 0.25) is 0 Å². The normalized spacial score (nSPS) is 14.7. The highest BCUT2D eigenvalue weighted by molar-refractivity contribution is 5.80. The minimum atomic E-state index is 0.560. The zero-order chi connectivity index (χ0) is 24.8. The molecule has 6 aromatic rings. The maximum absolute atomic E-state index is 4.80. The number of pyridine rings is 2. The molecule has 0 bridgehead atoms. The summed E-state index contributed by atoms with van der Waals surface area (Å²) in [5.41, 5.74) is 7.07. The molecule has 6 aromatic heterocycles. The number of aryl methyl sites for hydroxylation is 1. The molecule has 0 radical (unpaired) electrons. The van der Waals surface area contributed by atoms with Crippen LogP contribution in [0, 0.1) is 0 Å². The van der Waals surface area contributed by atoms with Crippen molar-refractivity contribution in [1.29, 1.82) is 0 Å². The fourth-order valence-electron chi connectivity index (χ4n) is 5.42. The molecule has 0 aliphatic carbocycles. The first-order valence-corrected chi connectivity index (χ1v) is 12.9. The maximum Gasteiger partial charge on any atom is 0.137 e. The van der Waals surface area contributed by atoms with Crippen LogP contribution in [0.4, 0.5) is 0 Å². The van der Waals surface area contributed by atoms with Crippen molar-refractivity contribution in [2.24, 2.45) is 7.05 Å². The van der Waals surface area contributed by atoms with Crippen LogP contribution in [0.3, 0.4) is 0 Å². The smallest absolute Gasteiger partial charge is 0.137 e. The molecule has 0 unspecified atom stereocenters. The van der Waals surface area contributed by atoms with Gasteiger partial charge >= 0.3 is 0 Å². The van der Waals surface area contributed by atoms with Crippen LogP contribution in [0.5, 0.6) is 0 Å². The molecular formula is C28H29N9. The first-order valence-electron chi connectivity index (χ1n) is 12.9. The van der Waals surface area contributed by atoms with Crippen LogP contribution in [-0.2, 0) is 20.1 Å². The molecule has 0 spiro atoms. The zero-order valence-corrected chi connectivity index (χ0v) is 20.9. The van der Waals surface area contributed by atoms with Crippen LogP contribution in [-0.4, -0.2) is 56.5 Å². The molecule has 186 valence electrons. The number of piperidine rings is 1. The van der Waals surface area contributed by atoms with Gasteiger partial charge in [0.1, 0.15) is 17.0 Å². The van der Waals surface area contributed by atoms with E-state index in [9.17, 15) is 0 Å². The Balaban J connectivity index is 1.10. The topological polar surface area (TPSA) is 74.0 Å². The first kappa shape index (κ1) is 22.0. The summed E-state index contributed by atoms with van der Waals surface area (Å²) in [4.78, 5) is 11.8. The Bertz CT molecular complexity index is 1690. The van der Waals surface area contributed by atoms with Gasteiger partial charge in [-0.3, -0.25) is 9.88 Å². The summed E-state index contributed by atoms with van der Waals surface area (Å²) in [5.74, 6) is 0. The molecule has 7 rings (SSSR count). The highest BCUT2D eigenvalue weighted by Crippen LogP contribution is 2.24. The first-order chi connectivity index (χ1) is 18.2. The van der Waals surface area contributed by atoms with Gasteiger partial charge in [-0.25, -0.2) is 9.67 Å². The van der Waals surface area contributed by atoms with E-state index in [1.54, 1.807) is 0 Å². The summed E-state index contributed by atoms with van der Waals surface area (Å²) in [7, 11) is 2.05. The molecule has 7 heterocycles. The third kappa shape index (κ3) is 4.21. The van der Waals surface area contributed by atoms with E-state index in [0.29, 0.717) is 6.54 Å². The Kier molecular flexibility index (Phi) is 5.35. The predicted octanol–water partition coefficient (Wildman–Crippen LogP) is 4.30. The van der Waals surface area contributed by atoms with Gasteiger partial charge in [0.15, 0.2) is 0 Å². The highest BCUT2D eigenvalue weighted by atomic mass is 15.4. The molecule has 9 nitrogen and oxygen atoms in total.